The summed E-state index contributed by atoms with van der Waals surface area (Å²) in [5.41, 5.74) is 2.51. The molecule has 2 fully saturated rings. The number of carbonyl (C=O) groups excluding carboxylic acids is 3. The summed E-state index contributed by atoms with van der Waals surface area (Å²) in [6, 6.07) is 5.80. The van der Waals surface area contributed by atoms with E-state index in [1.165, 1.54) is 11.3 Å². The van der Waals surface area contributed by atoms with Gasteiger partial charge in [-0.3, -0.25) is 19.8 Å². The third kappa shape index (κ3) is 4.16. The number of aromatic nitrogens is 1. The Balaban J connectivity index is 1.40. The van der Waals surface area contributed by atoms with Gasteiger partial charge in [0, 0.05) is 61.3 Å². The van der Waals surface area contributed by atoms with Crippen LogP contribution >= 0.6 is 11.3 Å². The molecule has 2 N–H and O–H groups in total. The molecule has 4 heterocycles. The first-order chi connectivity index (χ1) is 16.4. The van der Waals surface area contributed by atoms with Gasteiger partial charge in [-0.05, 0) is 43.4 Å². The Morgan fingerprint density at radius 2 is 1.97 bits per heavy atom. The van der Waals surface area contributed by atoms with Crippen LogP contribution in [0, 0.1) is 6.92 Å². The molecule has 9 nitrogen and oxygen atoms in total. The maximum Gasteiger partial charge on any atom is 0.328 e. The molecule has 1 unspecified atom stereocenters. The minimum Gasteiger partial charge on any atom is -0.387 e. The zero-order valence-electron chi connectivity index (χ0n) is 19.2. The largest absolute Gasteiger partial charge is 0.387 e. The normalized spacial score (nSPS) is 21.1. The fourth-order valence-corrected chi connectivity index (χ4v) is 5.79. The van der Waals surface area contributed by atoms with Crippen LogP contribution in [0.1, 0.15) is 35.3 Å². The van der Waals surface area contributed by atoms with Gasteiger partial charge >= 0.3 is 6.03 Å². The van der Waals surface area contributed by atoms with Crippen LogP contribution in [0.4, 0.5) is 15.6 Å². The Hall–Kier alpha value is -2.98. The van der Waals surface area contributed by atoms with Crippen LogP contribution in [0.25, 0.3) is 0 Å². The molecule has 2 aromatic rings. The van der Waals surface area contributed by atoms with Gasteiger partial charge in [0.05, 0.1) is 0 Å². The number of carbonyl (C=O) groups is 3. The molecule has 2 saturated heterocycles. The van der Waals surface area contributed by atoms with Crippen LogP contribution in [0.5, 0.6) is 0 Å². The maximum absolute atomic E-state index is 13.2. The predicted molar refractivity (Wildman–Crippen MR) is 129 cm³/mol. The molecule has 0 radical (unpaired) electrons. The second-order valence-corrected chi connectivity index (χ2v) is 10.6. The van der Waals surface area contributed by atoms with E-state index in [4.69, 9.17) is 0 Å². The van der Waals surface area contributed by atoms with Gasteiger partial charge in [0.15, 0.2) is 5.13 Å². The number of hydrogen-bond acceptors (Lipinski definition) is 6. The number of fused-ring (bicyclic) bond motifs is 2. The lowest BCUT2D eigenvalue weighted by Gasteiger charge is -2.31. The third-order valence-corrected chi connectivity index (χ3v) is 7.97. The second-order valence-electron chi connectivity index (χ2n) is 9.38. The fourth-order valence-electron chi connectivity index (χ4n) is 5.13. The molecule has 0 aliphatic carbocycles. The van der Waals surface area contributed by atoms with Crippen LogP contribution in [0.2, 0.25) is 0 Å². The topological polar surface area (TPSA) is 106 Å². The van der Waals surface area contributed by atoms with E-state index in [-0.39, 0.29) is 17.8 Å². The van der Waals surface area contributed by atoms with Crippen LogP contribution in [-0.2, 0) is 21.4 Å². The van der Waals surface area contributed by atoms with E-state index in [9.17, 15) is 19.5 Å². The molecule has 1 aromatic heterocycles. The summed E-state index contributed by atoms with van der Waals surface area (Å²) in [4.78, 5) is 48.3. The number of nitrogens with zero attached hydrogens (tertiary/aromatic N) is 4. The lowest BCUT2D eigenvalue weighted by molar-refractivity contribution is -0.134. The van der Waals surface area contributed by atoms with E-state index in [2.05, 4.69) is 16.4 Å². The van der Waals surface area contributed by atoms with Crippen LogP contribution in [-0.4, -0.2) is 77.1 Å². The van der Waals surface area contributed by atoms with Gasteiger partial charge in [0.25, 0.3) is 0 Å². The zero-order chi connectivity index (χ0) is 23.9. The van der Waals surface area contributed by atoms with Gasteiger partial charge in [0.2, 0.25) is 11.8 Å². The summed E-state index contributed by atoms with van der Waals surface area (Å²) in [5, 5.41) is 12.8. The van der Waals surface area contributed by atoms with Gasteiger partial charge in [0.1, 0.15) is 6.61 Å². The Bertz CT molecular complexity index is 1130. The number of rotatable bonds is 5. The van der Waals surface area contributed by atoms with E-state index in [0.717, 1.165) is 41.2 Å². The van der Waals surface area contributed by atoms with Crippen molar-refractivity contribution >= 4 is 40.0 Å². The number of aliphatic hydroxyl groups excluding tert-OH is 1. The van der Waals surface area contributed by atoms with E-state index < -0.39 is 12.0 Å². The SMILES string of the molecule is Cc1cnc(NC(=O)N2CC3(CCN(C(=O)CO)C3)c3cc(CCC(=O)N4CCC4)ccc32)s1. The zero-order valence-corrected chi connectivity index (χ0v) is 20.1. The molecule has 1 atom stereocenters. The van der Waals surface area contributed by atoms with Crippen molar-refractivity contribution in [3.05, 3.63) is 40.4 Å². The summed E-state index contributed by atoms with van der Waals surface area (Å²) in [6.45, 7) is 4.56. The molecular formula is C24H29N5O4S. The summed E-state index contributed by atoms with van der Waals surface area (Å²) in [6.07, 6.45) is 4.62. The van der Waals surface area contributed by atoms with Gasteiger partial charge in [-0.25, -0.2) is 9.78 Å². The van der Waals surface area contributed by atoms with Crippen molar-refractivity contribution in [3.63, 3.8) is 0 Å². The van der Waals surface area contributed by atoms with Crippen LogP contribution < -0.4 is 10.2 Å². The molecule has 1 spiro atoms. The van der Waals surface area contributed by atoms with E-state index >= 15 is 0 Å². The third-order valence-electron chi connectivity index (χ3n) is 7.14. The van der Waals surface area contributed by atoms with Crippen molar-refractivity contribution in [2.45, 2.75) is 38.0 Å². The highest BCUT2D eigenvalue weighted by molar-refractivity contribution is 7.15. The van der Waals surface area contributed by atoms with Crippen molar-refractivity contribution in [2.75, 3.05) is 49.5 Å². The van der Waals surface area contributed by atoms with E-state index in [1.54, 1.807) is 16.0 Å². The summed E-state index contributed by atoms with van der Waals surface area (Å²) >= 11 is 1.42. The van der Waals surface area contributed by atoms with Crippen LogP contribution in [0.3, 0.4) is 0 Å². The average molecular weight is 484 g/mol. The second kappa shape index (κ2) is 8.99. The van der Waals surface area contributed by atoms with Crippen LogP contribution in [0.15, 0.2) is 24.4 Å². The number of urea groups is 1. The lowest BCUT2D eigenvalue weighted by Crippen LogP contribution is -2.42. The first kappa shape index (κ1) is 22.8. The highest BCUT2D eigenvalue weighted by Crippen LogP contribution is 2.47. The number of likely N-dealkylation sites (tertiary alicyclic amines) is 2. The molecule has 0 saturated carbocycles. The molecule has 3 aliphatic rings. The molecule has 10 heteroatoms. The summed E-state index contributed by atoms with van der Waals surface area (Å²) < 4.78 is 0. The lowest BCUT2D eigenvalue weighted by atomic mass is 9.80. The number of thiazole rings is 1. The molecule has 34 heavy (non-hydrogen) atoms. The first-order valence-electron chi connectivity index (χ1n) is 11.7. The fraction of sp³-hybridized carbons (Fsp3) is 0.500. The number of benzene rings is 1. The van der Waals surface area contributed by atoms with Crippen molar-refractivity contribution in [2.24, 2.45) is 0 Å². The standard InChI is InChI=1S/C24H29N5O4S/c1-16-12-25-22(34-16)26-23(33)29-15-24(7-10-28(14-24)21(32)13-30)18-11-17(3-5-19(18)29)4-6-20(31)27-8-2-9-27/h3,5,11-12,30H,2,4,6-10,13-15H2,1H3,(H,25,26,33). The predicted octanol–water partition coefficient (Wildman–Crippen LogP) is 2.13. The molecule has 0 bridgehead atoms. The number of amides is 4. The molecular weight excluding hydrogens is 454 g/mol. The monoisotopic (exact) mass is 483 g/mol. The molecule has 180 valence electrons. The quantitative estimate of drug-likeness (QED) is 0.678. The average Bonchev–Trinajstić information content (AvgIpc) is 3.49. The smallest absolute Gasteiger partial charge is 0.328 e. The van der Waals surface area contributed by atoms with Gasteiger partial charge in [-0.15, -0.1) is 11.3 Å². The van der Waals surface area contributed by atoms with Gasteiger partial charge in [-0.2, -0.15) is 0 Å². The minimum absolute atomic E-state index is 0.182. The Labute approximate surface area is 202 Å². The number of hydrogen-bond donors (Lipinski definition) is 2. The Morgan fingerprint density at radius 3 is 2.65 bits per heavy atom. The molecule has 4 amide bonds. The Kier molecular flexibility index (Phi) is 6.03. The number of aliphatic hydroxyl groups is 1. The van der Waals surface area contributed by atoms with E-state index in [1.807, 2.05) is 24.0 Å². The maximum atomic E-state index is 13.2. The van der Waals surface area contributed by atoms with E-state index in [0.29, 0.717) is 44.0 Å². The molecule has 5 rings (SSSR count). The van der Waals surface area contributed by atoms with Crippen molar-refractivity contribution in [1.29, 1.82) is 0 Å². The Morgan fingerprint density at radius 1 is 1.15 bits per heavy atom. The highest BCUT2D eigenvalue weighted by atomic mass is 32.1. The summed E-state index contributed by atoms with van der Waals surface area (Å²) in [5.74, 6) is -0.113. The highest BCUT2D eigenvalue weighted by Gasteiger charge is 2.49. The first-order valence-corrected chi connectivity index (χ1v) is 12.5. The van der Waals surface area contributed by atoms with Crippen molar-refractivity contribution < 1.29 is 19.5 Å². The number of aryl methyl sites for hydroxylation is 2. The number of nitrogens with one attached hydrogen (secondary N) is 1. The van der Waals surface area contributed by atoms with Crippen molar-refractivity contribution in [3.8, 4) is 0 Å². The minimum atomic E-state index is -0.519. The van der Waals surface area contributed by atoms with Gasteiger partial charge in [-0.1, -0.05) is 12.1 Å². The van der Waals surface area contributed by atoms with Crippen molar-refractivity contribution in [1.82, 2.24) is 14.8 Å². The van der Waals surface area contributed by atoms with Gasteiger partial charge < -0.3 is 14.9 Å². The summed E-state index contributed by atoms with van der Waals surface area (Å²) in [7, 11) is 0. The molecule has 1 aromatic carbocycles. The number of anilines is 2. The molecule has 3 aliphatic heterocycles.